The molecule has 44 heavy (non-hydrogen) atoms. The Morgan fingerprint density at radius 2 is 0.636 bits per heavy atom. The maximum Gasteiger partial charge on any atom is 0.122 e. The Hall–Kier alpha value is -1.86. The van der Waals surface area contributed by atoms with Gasteiger partial charge in [-0.1, -0.05) is 65.5 Å². The van der Waals surface area contributed by atoms with Gasteiger partial charge in [0.25, 0.3) is 0 Å². The van der Waals surface area contributed by atoms with Gasteiger partial charge in [0.05, 0.1) is 72.7 Å². The third kappa shape index (κ3) is 44.6. The molecule has 0 amide bonds. The van der Waals surface area contributed by atoms with E-state index in [2.05, 4.69) is 6.58 Å². The number of ether oxygens (including phenoxy) is 7. The third-order valence-corrected chi connectivity index (χ3v) is 4.44. The van der Waals surface area contributed by atoms with Gasteiger partial charge in [-0.05, 0) is 6.42 Å². The van der Waals surface area contributed by atoms with Gasteiger partial charge in [-0.3, -0.25) is 0 Å². The van der Waals surface area contributed by atoms with Gasteiger partial charge >= 0.3 is 0 Å². The van der Waals surface area contributed by atoms with Gasteiger partial charge in [0.15, 0.2) is 0 Å². The van der Waals surface area contributed by atoms with Crippen molar-refractivity contribution in [2.24, 2.45) is 0 Å². The number of hydrogen-bond donors (Lipinski definition) is 0. The molecule has 0 spiro atoms. The van der Waals surface area contributed by atoms with Crippen molar-refractivity contribution in [1.82, 2.24) is 0 Å². The lowest BCUT2D eigenvalue weighted by molar-refractivity contribution is -0.119. The monoisotopic (exact) mass is 647 g/mol. The van der Waals surface area contributed by atoms with E-state index in [1.165, 1.54) is 0 Å². The fourth-order valence-electron chi connectivity index (χ4n) is 2.67. The summed E-state index contributed by atoms with van der Waals surface area (Å²) < 4.78 is 39.4. The number of aldehydes is 4. The molecular weight excluding hydrogens is 572 g/mol. The highest BCUT2D eigenvalue weighted by Gasteiger charge is 2.16. The molecule has 0 aliphatic rings. The maximum atomic E-state index is 10.7. The molecule has 0 radical (unpaired) electrons. The highest BCUT2D eigenvalue weighted by Crippen LogP contribution is 2.04. The average Bonchev–Trinajstić information content (AvgIpc) is 2.88. The van der Waals surface area contributed by atoms with Gasteiger partial charge in [0, 0.05) is 25.7 Å². The fourth-order valence-corrected chi connectivity index (χ4v) is 2.67. The Balaban J connectivity index is -0.000000219. The first-order chi connectivity index (χ1) is 17.7. The van der Waals surface area contributed by atoms with Crippen LogP contribution in [0, 0.1) is 0 Å². The van der Waals surface area contributed by atoms with Crippen LogP contribution in [0.5, 0.6) is 0 Å². The minimum atomic E-state index is -0.450. The summed E-state index contributed by atoms with van der Waals surface area (Å²) in [6.45, 7) is 6.45. The van der Waals surface area contributed by atoms with E-state index in [0.717, 1.165) is 25.1 Å². The summed E-state index contributed by atoms with van der Waals surface area (Å²) in [5, 5.41) is 0. The Bertz CT molecular complexity index is 508. The van der Waals surface area contributed by atoms with Gasteiger partial charge in [0.2, 0.25) is 0 Å². The third-order valence-electron chi connectivity index (χ3n) is 4.44. The average molecular weight is 647 g/mol. The molecule has 0 bridgehead atoms. The van der Waals surface area contributed by atoms with Crippen LogP contribution in [0.15, 0.2) is 12.7 Å². The number of rotatable bonds is 30. The standard InChI is InChI=1S/C25H42O11.8CH4/c1-2-3-12-30-17-23(34-14-5-9-27)19-32-21-25(36-16-7-11-29)22-33-20-24(35-15-6-10-28)18-31-13-4-8-26;;;;;;;;/h2,8-11,23-25H,1,3-7,12-22H2;8*1H4. The van der Waals surface area contributed by atoms with E-state index < -0.39 is 12.2 Å². The lowest BCUT2D eigenvalue weighted by atomic mass is 10.3. The molecule has 0 fully saturated rings. The summed E-state index contributed by atoms with van der Waals surface area (Å²) in [6, 6.07) is 0. The molecule has 272 valence electrons. The number of carbonyl (C=O) groups is 4. The van der Waals surface area contributed by atoms with Crippen LogP contribution < -0.4 is 0 Å². The molecule has 0 aliphatic carbocycles. The molecule has 0 heterocycles. The quantitative estimate of drug-likeness (QED) is 0.0500. The summed E-state index contributed by atoms with van der Waals surface area (Å²) in [4.78, 5) is 42.2. The Labute approximate surface area is 272 Å². The lowest BCUT2D eigenvalue weighted by Gasteiger charge is -2.23. The Morgan fingerprint density at radius 3 is 0.909 bits per heavy atom. The molecule has 3 atom stereocenters. The summed E-state index contributed by atoms with van der Waals surface area (Å²) in [7, 11) is 0. The van der Waals surface area contributed by atoms with Crippen LogP contribution in [0.4, 0.5) is 0 Å². The molecule has 11 heteroatoms. The van der Waals surface area contributed by atoms with Crippen LogP contribution in [-0.4, -0.2) is 116 Å². The van der Waals surface area contributed by atoms with Crippen LogP contribution in [0.2, 0.25) is 0 Å². The second kappa shape index (κ2) is 53.7. The fraction of sp³-hybridized carbons (Fsp3) is 0.818. The van der Waals surface area contributed by atoms with E-state index in [0.29, 0.717) is 19.6 Å². The van der Waals surface area contributed by atoms with Crippen LogP contribution in [0.25, 0.3) is 0 Å². The highest BCUT2D eigenvalue weighted by atomic mass is 16.6. The summed E-state index contributed by atoms with van der Waals surface area (Å²) in [5.74, 6) is 0. The van der Waals surface area contributed by atoms with Gasteiger partial charge < -0.3 is 52.3 Å². The van der Waals surface area contributed by atoms with E-state index in [1.54, 1.807) is 6.08 Å². The molecule has 0 aromatic rings. The predicted octanol–water partition coefficient (Wildman–Crippen LogP) is 6.23. The zero-order valence-electron chi connectivity index (χ0n) is 21.1. The number of carbonyl (C=O) groups excluding carboxylic acids is 4. The van der Waals surface area contributed by atoms with E-state index >= 15 is 0 Å². The molecule has 0 saturated carbocycles. The van der Waals surface area contributed by atoms with Gasteiger partial charge in [0.1, 0.15) is 43.5 Å². The predicted molar refractivity (Wildman–Crippen MR) is 184 cm³/mol. The molecule has 0 saturated heterocycles. The van der Waals surface area contributed by atoms with Crippen LogP contribution in [0.1, 0.15) is 91.5 Å². The van der Waals surface area contributed by atoms with Gasteiger partial charge in [-0.15, -0.1) is 6.58 Å². The maximum absolute atomic E-state index is 10.7. The second-order valence-electron chi connectivity index (χ2n) is 7.60. The van der Waals surface area contributed by atoms with Crippen molar-refractivity contribution in [2.45, 2.75) is 110 Å². The van der Waals surface area contributed by atoms with Crippen LogP contribution in [-0.2, 0) is 52.3 Å². The topological polar surface area (TPSA) is 133 Å². The largest absolute Gasteiger partial charge is 0.378 e. The molecule has 0 aromatic heterocycles. The summed E-state index contributed by atoms with van der Waals surface area (Å²) in [5.41, 5.74) is 0. The zero-order valence-corrected chi connectivity index (χ0v) is 21.1. The molecule has 0 N–H and O–H groups in total. The second-order valence-corrected chi connectivity index (χ2v) is 7.60. The van der Waals surface area contributed by atoms with E-state index in [9.17, 15) is 19.2 Å². The first kappa shape index (κ1) is 64.9. The summed E-state index contributed by atoms with van der Waals surface area (Å²) >= 11 is 0. The first-order valence-electron chi connectivity index (χ1n) is 12.2. The van der Waals surface area contributed by atoms with Crippen molar-refractivity contribution in [1.29, 1.82) is 0 Å². The van der Waals surface area contributed by atoms with E-state index in [1.807, 2.05) is 0 Å². The Morgan fingerprint density at radius 1 is 0.386 bits per heavy atom. The molecule has 0 aliphatic heterocycles. The Kier molecular flexibility index (Phi) is 79.2. The van der Waals surface area contributed by atoms with Crippen molar-refractivity contribution in [3.05, 3.63) is 12.7 Å². The van der Waals surface area contributed by atoms with E-state index in [4.69, 9.17) is 33.2 Å². The van der Waals surface area contributed by atoms with Crippen molar-refractivity contribution >= 4 is 25.1 Å². The minimum absolute atomic E-state index is 0. The SMILES string of the molecule is C.C.C.C.C.C.C.C.C=CCCOCC(COCC(COCC(COCCC=O)OCCC=O)OCCC=O)OCCC=O. The first-order valence-corrected chi connectivity index (χ1v) is 12.2. The minimum Gasteiger partial charge on any atom is -0.378 e. The molecule has 0 rings (SSSR count). The highest BCUT2D eigenvalue weighted by molar-refractivity contribution is 5.49. The van der Waals surface area contributed by atoms with Gasteiger partial charge in [-0.2, -0.15) is 0 Å². The van der Waals surface area contributed by atoms with Crippen molar-refractivity contribution in [3.8, 4) is 0 Å². The van der Waals surface area contributed by atoms with Crippen molar-refractivity contribution in [3.63, 3.8) is 0 Å². The summed E-state index contributed by atoms with van der Waals surface area (Å²) in [6.07, 6.45) is 5.40. The zero-order chi connectivity index (χ0) is 26.5. The molecule has 0 aromatic carbocycles. The molecular formula is C33H74O11. The van der Waals surface area contributed by atoms with Gasteiger partial charge in [-0.25, -0.2) is 0 Å². The van der Waals surface area contributed by atoms with Crippen molar-refractivity contribution in [2.75, 3.05) is 72.7 Å². The van der Waals surface area contributed by atoms with E-state index in [-0.39, 0.29) is 151 Å². The molecule has 3 unspecified atom stereocenters. The lowest BCUT2D eigenvalue weighted by Crippen LogP contribution is -2.33. The van der Waals surface area contributed by atoms with Crippen LogP contribution in [0.3, 0.4) is 0 Å². The smallest absolute Gasteiger partial charge is 0.122 e. The molecule has 11 nitrogen and oxygen atoms in total. The van der Waals surface area contributed by atoms with Crippen molar-refractivity contribution < 1.29 is 52.3 Å². The van der Waals surface area contributed by atoms with Crippen LogP contribution >= 0.6 is 0 Å². The normalized spacial score (nSPS) is 11.1. The number of hydrogen-bond acceptors (Lipinski definition) is 11.